The lowest BCUT2D eigenvalue weighted by Crippen LogP contribution is -2.22. The maximum atomic E-state index is 4.99. The van der Waals surface area contributed by atoms with Gasteiger partial charge in [0.15, 0.2) is 0 Å². The second-order valence-electron chi connectivity index (χ2n) is 2.27. The van der Waals surface area contributed by atoms with Crippen LogP contribution in [0.2, 0.25) is 0 Å². The maximum absolute atomic E-state index is 4.99. The van der Waals surface area contributed by atoms with E-state index in [9.17, 15) is 0 Å². The van der Waals surface area contributed by atoms with Gasteiger partial charge in [0.2, 0.25) is 0 Å². The Morgan fingerprint density at radius 2 is 2.07 bits per heavy atom. The van der Waals surface area contributed by atoms with Crippen LogP contribution in [0.5, 0.6) is 5.75 Å². The Morgan fingerprint density at radius 3 is 2.64 bits per heavy atom. The van der Waals surface area contributed by atoms with E-state index in [4.69, 9.17) is 4.74 Å². The van der Waals surface area contributed by atoms with E-state index in [2.05, 4.69) is 33.5 Å². The molecule has 74 valence electrons. The van der Waals surface area contributed by atoms with E-state index < -0.39 is 0 Å². The molecular formula is C8H10N4OS. The van der Waals surface area contributed by atoms with Crippen molar-refractivity contribution in [2.75, 3.05) is 7.11 Å². The molecule has 0 amide bonds. The average Bonchev–Trinajstić information content (AvgIpc) is 2.25. The Hall–Kier alpha value is -1.69. The number of hydrogen-bond acceptors (Lipinski definition) is 4. The van der Waals surface area contributed by atoms with Crippen molar-refractivity contribution in [3.05, 3.63) is 24.3 Å². The van der Waals surface area contributed by atoms with Crippen molar-refractivity contribution in [1.82, 2.24) is 11.0 Å². The van der Waals surface area contributed by atoms with E-state index >= 15 is 0 Å². The summed E-state index contributed by atoms with van der Waals surface area (Å²) in [6.45, 7) is 0. The van der Waals surface area contributed by atoms with Gasteiger partial charge in [-0.3, -0.25) is 5.43 Å². The first-order valence-electron chi connectivity index (χ1n) is 3.86. The van der Waals surface area contributed by atoms with Crippen LogP contribution in [0, 0.1) is 0 Å². The van der Waals surface area contributed by atoms with Crippen molar-refractivity contribution in [3.63, 3.8) is 0 Å². The summed E-state index contributed by atoms with van der Waals surface area (Å²) >= 11 is 4.50. The lowest BCUT2D eigenvalue weighted by atomic mass is 10.3. The lowest BCUT2D eigenvalue weighted by Gasteiger charge is -1.98. The summed E-state index contributed by atoms with van der Waals surface area (Å²) < 4.78 is 4.99. The Morgan fingerprint density at radius 1 is 1.36 bits per heavy atom. The number of hydrazine groups is 1. The Balaban J connectivity index is 2.50. The summed E-state index contributed by atoms with van der Waals surface area (Å²) in [5, 5.41) is 7.46. The van der Waals surface area contributed by atoms with Gasteiger partial charge in [0.05, 0.1) is 18.3 Å². The van der Waals surface area contributed by atoms with Crippen molar-refractivity contribution in [2.24, 2.45) is 10.3 Å². The number of nitrogens with zero attached hydrogens (tertiary/aromatic N) is 2. The monoisotopic (exact) mass is 210 g/mol. The third kappa shape index (κ3) is 3.36. The number of thiocarbonyl (C=S) groups is 1. The summed E-state index contributed by atoms with van der Waals surface area (Å²) in [4.78, 5) is 0. The zero-order valence-corrected chi connectivity index (χ0v) is 8.41. The molecule has 0 saturated heterocycles. The normalized spacial score (nSPS) is 9.79. The van der Waals surface area contributed by atoms with Crippen LogP contribution < -0.4 is 15.7 Å². The number of nitrogens with one attached hydrogen (secondary N) is 2. The van der Waals surface area contributed by atoms with Crippen LogP contribution in [0.25, 0.3) is 0 Å². The Kier molecular flexibility index (Phi) is 4.36. The molecule has 0 aliphatic rings. The van der Waals surface area contributed by atoms with Crippen LogP contribution in [0.3, 0.4) is 0 Å². The van der Waals surface area contributed by atoms with Crippen molar-refractivity contribution < 1.29 is 4.74 Å². The van der Waals surface area contributed by atoms with E-state index in [0.29, 0.717) is 0 Å². The summed E-state index contributed by atoms with van der Waals surface area (Å²) in [5.41, 5.74) is 6.95. The standard InChI is InChI=1S/C8H10N4OS/c1-13-8-4-2-7(3-5-8)10-12-11-9-6-14/h2-6H,1H3,(H,10,11)(H,9,12,14). The number of benzene rings is 1. The fourth-order valence-corrected chi connectivity index (χ4v) is 0.840. The fraction of sp³-hybridized carbons (Fsp3) is 0.125. The number of hydrogen-bond donors (Lipinski definition) is 2. The van der Waals surface area contributed by atoms with E-state index in [1.165, 1.54) is 5.49 Å². The quantitative estimate of drug-likeness (QED) is 0.336. The molecule has 5 nitrogen and oxygen atoms in total. The second-order valence-corrected chi connectivity index (χ2v) is 2.51. The minimum Gasteiger partial charge on any atom is -0.497 e. The molecule has 0 saturated carbocycles. The van der Waals surface area contributed by atoms with E-state index in [0.717, 1.165) is 11.4 Å². The zero-order chi connectivity index (χ0) is 10.2. The van der Waals surface area contributed by atoms with Gasteiger partial charge in [0.25, 0.3) is 0 Å². The highest BCUT2D eigenvalue weighted by atomic mass is 32.1. The summed E-state index contributed by atoms with van der Waals surface area (Å²) in [7, 11) is 1.61. The molecule has 14 heavy (non-hydrogen) atoms. The van der Waals surface area contributed by atoms with Crippen LogP contribution in [0.15, 0.2) is 34.6 Å². The molecule has 1 aromatic carbocycles. The molecule has 0 radical (unpaired) electrons. The molecule has 2 N–H and O–H groups in total. The van der Waals surface area contributed by atoms with Crippen LogP contribution in [-0.2, 0) is 0 Å². The van der Waals surface area contributed by atoms with Gasteiger partial charge >= 0.3 is 0 Å². The van der Waals surface area contributed by atoms with Gasteiger partial charge in [0.1, 0.15) is 5.75 Å². The van der Waals surface area contributed by atoms with Gasteiger partial charge in [0, 0.05) is 0 Å². The topological polar surface area (TPSA) is 58.0 Å². The lowest BCUT2D eigenvalue weighted by molar-refractivity contribution is 0.415. The Bertz CT molecular complexity index is 312. The van der Waals surface area contributed by atoms with E-state index in [-0.39, 0.29) is 0 Å². The minimum absolute atomic E-state index is 0.726. The van der Waals surface area contributed by atoms with Crippen molar-refractivity contribution in [1.29, 1.82) is 0 Å². The van der Waals surface area contributed by atoms with Gasteiger partial charge < -0.3 is 4.74 Å². The highest BCUT2D eigenvalue weighted by Gasteiger charge is 1.90. The second kappa shape index (κ2) is 5.87. The van der Waals surface area contributed by atoms with Crippen LogP contribution in [0.4, 0.5) is 5.69 Å². The first-order chi connectivity index (χ1) is 6.86. The third-order valence-corrected chi connectivity index (χ3v) is 1.53. The molecule has 0 aliphatic carbocycles. The van der Waals surface area contributed by atoms with Gasteiger partial charge in [-0.1, -0.05) is 17.4 Å². The van der Waals surface area contributed by atoms with Crippen molar-refractivity contribution in [2.45, 2.75) is 0 Å². The largest absolute Gasteiger partial charge is 0.497 e. The molecular weight excluding hydrogens is 200 g/mol. The molecule has 6 heteroatoms. The van der Waals surface area contributed by atoms with Gasteiger partial charge in [-0.05, 0) is 24.3 Å². The highest BCUT2D eigenvalue weighted by Crippen LogP contribution is 2.17. The van der Waals surface area contributed by atoms with Crippen LogP contribution in [-0.4, -0.2) is 12.6 Å². The first-order valence-corrected chi connectivity index (χ1v) is 4.33. The average molecular weight is 210 g/mol. The fourth-order valence-electron chi connectivity index (χ4n) is 0.787. The van der Waals surface area contributed by atoms with Gasteiger partial charge in [-0.25, -0.2) is 5.53 Å². The van der Waals surface area contributed by atoms with Crippen molar-refractivity contribution >= 4 is 23.4 Å². The van der Waals surface area contributed by atoms with Crippen LogP contribution in [0.1, 0.15) is 0 Å². The predicted octanol–water partition coefficient (Wildman–Crippen LogP) is 1.75. The summed E-state index contributed by atoms with van der Waals surface area (Å²) in [5.74, 6) is 0.786. The van der Waals surface area contributed by atoms with Gasteiger partial charge in [-0.15, -0.1) is 5.11 Å². The molecule has 1 aromatic rings. The SMILES string of the molecule is COc1ccc(N=NNNC=S)cc1. The molecule has 0 fully saturated rings. The van der Waals surface area contributed by atoms with Crippen molar-refractivity contribution in [3.8, 4) is 5.75 Å². The minimum atomic E-state index is 0.726. The number of ether oxygens (including phenoxy) is 1. The van der Waals surface area contributed by atoms with Crippen LogP contribution >= 0.6 is 12.2 Å². The van der Waals surface area contributed by atoms with Gasteiger partial charge in [-0.2, -0.15) is 0 Å². The zero-order valence-electron chi connectivity index (χ0n) is 7.60. The number of rotatable bonds is 5. The molecule has 0 aliphatic heterocycles. The molecule has 0 bridgehead atoms. The maximum Gasteiger partial charge on any atom is 0.119 e. The number of methoxy groups -OCH3 is 1. The molecule has 0 aromatic heterocycles. The molecule has 1 rings (SSSR count). The molecule has 0 heterocycles. The first kappa shape index (κ1) is 10.4. The predicted molar refractivity (Wildman–Crippen MR) is 57.4 cm³/mol. The molecule has 0 spiro atoms. The summed E-state index contributed by atoms with van der Waals surface area (Å²) in [6, 6.07) is 7.20. The molecule has 0 unspecified atom stereocenters. The van der Waals surface area contributed by atoms with E-state index in [1.54, 1.807) is 31.4 Å². The third-order valence-electron chi connectivity index (χ3n) is 1.41. The molecule has 0 atom stereocenters. The highest BCUT2D eigenvalue weighted by molar-refractivity contribution is 7.78. The smallest absolute Gasteiger partial charge is 0.119 e. The summed E-state index contributed by atoms with van der Waals surface area (Å²) in [6.07, 6.45) is 0. The Labute approximate surface area is 87.1 Å². The van der Waals surface area contributed by atoms with E-state index in [1.807, 2.05) is 0 Å².